The number of anilines is 1. The smallest absolute Gasteiger partial charge is 0.410 e. The summed E-state index contributed by atoms with van der Waals surface area (Å²) in [5.74, 6) is 0.255. The van der Waals surface area contributed by atoms with Crippen LogP contribution < -0.4 is 4.90 Å². The highest BCUT2D eigenvalue weighted by molar-refractivity contribution is 6.43. The number of nitrogens with zero attached hydrogens (tertiary/aromatic N) is 4. The molecule has 0 aliphatic carbocycles. The van der Waals surface area contributed by atoms with E-state index in [9.17, 15) is 9.18 Å². The summed E-state index contributed by atoms with van der Waals surface area (Å²) in [6.45, 7) is 7.65. The fourth-order valence-electron chi connectivity index (χ4n) is 3.71. The van der Waals surface area contributed by atoms with Crippen LogP contribution in [0.4, 0.5) is 15.0 Å². The van der Waals surface area contributed by atoms with Crippen LogP contribution in [-0.2, 0) is 4.74 Å². The number of rotatable bonds is 2. The molecular formula is C23H23Cl2FN4O2. The van der Waals surface area contributed by atoms with Gasteiger partial charge in [-0.3, -0.25) is 0 Å². The molecule has 1 fully saturated rings. The Labute approximate surface area is 195 Å². The molecule has 0 bridgehead atoms. The molecule has 0 spiro atoms. The lowest BCUT2D eigenvalue weighted by molar-refractivity contribution is 0.0240. The van der Waals surface area contributed by atoms with E-state index in [-0.39, 0.29) is 11.1 Å². The highest BCUT2D eigenvalue weighted by Gasteiger charge is 2.28. The second kappa shape index (κ2) is 8.71. The summed E-state index contributed by atoms with van der Waals surface area (Å²) < 4.78 is 19.9. The number of ether oxygens (including phenoxy) is 1. The van der Waals surface area contributed by atoms with Gasteiger partial charge in [-0.15, -0.1) is 0 Å². The topological polar surface area (TPSA) is 58.6 Å². The Hall–Kier alpha value is -2.64. The average molecular weight is 477 g/mol. The van der Waals surface area contributed by atoms with Crippen molar-refractivity contribution in [1.82, 2.24) is 14.9 Å². The van der Waals surface area contributed by atoms with Crippen molar-refractivity contribution in [3.8, 4) is 11.1 Å². The summed E-state index contributed by atoms with van der Waals surface area (Å²) in [4.78, 5) is 24.9. The number of benzene rings is 2. The first-order valence-electron chi connectivity index (χ1n) is 10.3. The van der Waals surface area contributed by atoms with Crippen molar-refractivity contribution in [3.63, 3.8) is 0 Å². The van der Waals surface area contributed by atoms with Crippen LogP contribution in [0.15, 0.2) is 36.7 Å². The van der Waals surface area contributed by atoms with Gasteiger partial charge in [-0.05, 0) is 32.9 Å². The lowest BCUT2D eigenvalue weighted by Gasteiger charge is -2.36. The quantitative estimate of drug-likeness (QED) is 0.467. The molecule has 0 N–H and O–H groups in total. The Kier molecular flexibility index (Phi) is 6.14. The van der Waals surface area contributed by atoms with Gasteiger partial charge in [0.15, 0.2) is 0 Å². The lowest BCUT2D eigenvalue weighted by Crippen LogP contribution is -2.50. The molecule has 1 aliphatic heterocycles. The fourth-order valence-corrected chi connectivity index (χ4v) is 4.41. The van der Waals surface area contributed by atoms with Crippen molar-refractivity contribution in [2.75, 3.05) is 31.1 Å². The minimum absolute atomic E-state index is 0.272. The Balaban J connectivity index is 1.64. The van der Waals surface area contributed by atoms with E-state index >= 15 is 0 Å². The summed E-state index contributed by atoms with van der Waals surface area (Å²) in [6, 6.07) is 8.05. The molecule has 168 valence electrons. The second-order valence-electron chi connectivity index (χ2n) is 8.58. The third-order valence-corrected chi connectivity index (χ3v) is 5.84. The Morgan fingerprint density at radius 2 is 1.78 bits per heavy atom. The van der Waals surface area contributed by atoms with Crippen LogP contribution in [0.25, 0.3) is 22.0 Å². The van der Waals surface area contributed by atoms with Crippen LogP contribution >= 0.6 is 23.2 Å². The van der Waals surface area contributed by atoms with Gasteiger partial charge in [-0.1, -0.05) is 41.4 Å². The first kappa shape index (κ1) is 22.6. The van der Waals surface area contributed by atoms with E-state index < -0.39 is 11.4 Å². The molecule has 0 atom stereocenters. The predicted molar refractivity (Wildman–Crippen MR) is 125 cm³/mol. The molecule has 1 aliphatic rings. The SMILES string of the molecule is CC(C)(C)OC(=O)N1CCN(c2ncnc3c(Cl)c(-c4ccccc4F)c(Cl)cc23)CC1. The van der Waals surface area contributed by atoms with Crippen molar-refractivity contribution in [3.05, 3.63) is 52.5 Å². The van der Waals surface area contributed by atoms with Gasteiger partial charge in [0.05, 0.1) is 15.6 Å². The van der Waals surface area contributed by atoms with Gasteiger partial charge in [0, 0.05) is 42.7 Å². The van der Waals surface area contributed by atoms with Gasteiger partial charge in [0.1, 0.15) is 23.6 Å². The van der Waals surface area contributed by atoms with Crippen LogP contribution in [0, 0.1) is 5.82 Å². The summed E-state index contributed by atoms with van der Waals surface area (Å²) in [7, 11) is 0. The summed E-state index contributed by atoms with van der Waals surface area (Å²) in [5.41, 5.74) is 0.670. The largest absolute Gasteiger partial charge is 0.444 e. The Morgan fingerprint density at radius 3 is 2.44 bits per heavy atom. The van der Waals surface area contributed by atoms with Gasteiger partial charge in [-0.2, -0.15) is 0 Å². The molecule has 0 unspecified atom stereocenters. The van der Waals surface area contributed by atoms with Crippen LogP contribution in [0.5, 0.6) is 0 Å². The zero-order valence-electron chi connectivity index (χ0n) is 18.0. The first-order chi connectivity index (χ1) is 15.2. The summed E-state index contributed by atoms with van der Waals surface area (Å²) in [6.07, 6.45) is 1.10. The number of hydrogen-bond acceptors (Lipinski definition) is 5. The predicted octanol–water partition coefficient (Wildman–Crippen LogP) is 5.80. The number of carbonyl (C=O) groups is 1. The number of carbonyl (C=O) groups excluding carboxylic acids is 1. The highest BCUT2D eigenvalue weighted by atomic mass is 35.5. The van der Waals surface area contributed by atoms with Crippen LogP contribution in [-0.4, -0.2) is 52.7 Å². The Bertz CT molecular complexity index is 1170. The van der Waals surface area contributed by atoms with Crippen molar-refractivity contribution in [2.45, 2.75) is 26.4 Å². The summed E-state index contributed by atoms with van der Waals surface area (Å²) >= 11 is 13.2. The standard InChI is InChI=1S/C23H23Cl2FN4O2/c1-23(2,3)32-22(31)30-10-8-29(9-11-30)21-15-12-16(24)18(14-6-4-5-7-17(14)26)19(25)20(15)27-13-28-21/h4-7,12-13H,8-11H2,1-3H3. The van der Waals surface area contributed by atoms with Gasteiger partial charge in [0.2, 0.25) is 0 Å². The molecule has 0 radical (unpaired) electrons. The molecule has 0 saturated carbocycles. The number of amides is 1. The molecule has 6 nitrogen and oxygen atoms in total. The van der Waals surface area contributed by atoms with Gasteiger partial charge >= 0.3 is 6.09 Å². The number of fused-ring (bicyclic) bond motifs is 1. The summed E-state index contributed by atoms with van der Waals surface area (Å²) in [5, 5.41) is 1.26. The third-order valence-electron chi connectivity index (χ3n) is 5.17. The highest BCUT2D eigenvalue weighted by Crippen LogP contribution is 2.42. The van der Waals surface area contributed by atoms with E-state index in [0.717, 1.165) is 0 Å². The van der Waals surface area contributed by atoms with Crippen molar-refractivity contribution < 1.29 is 13.9 Å². The van der Waals surface area contributed by atoms with Crippen LogP contribution in [0.1, 0.15) is 20.8 Å². The zero-order valence-corrected chi connectivity index (χ0v) is 19.5. The maximum Gasteiger partial charge on any atom is 0.410 e. The Morgan fingerprint density at radius 1 is 1.09 bits per heavy atom. The van der Waals surface area contributed by atoms with E-state index in [1.54, 1.807) is 29.2 Å². The maximum absolute atomic E-state index is 14.4. The second-order valence-corrected chi connectivity index (χ2v) is 9.36. The molecule has 1 aromatic heterocycles. The van der Waals surface area contributed by atoms with Gasteiger partial charge in [-0.25, -0.2) is 19.2 Å². The molecule has 9 heteroatoms. The molecule has 4 rings (SSSR count). The number of aromatic nitrogens is 2. The average Bonchev–Trinajstić information content (AvgIpc) is 2.74. The minimum atomic E-state index is -0.541. The number of halogens is 3. The van der Waals surface area contributed by atoms with Crippen LogP contribution in [0.2, 0.25) is 10.0 Å². The zero-order chi connectivity index (χ0) is 23.0. The van der Waals surface area contributed by atoms with Crippen molar-refractivity contribution in [2.24, 2.45) is 0 Å². The van der Waals surface area contributed by atoms with E-state index in [4.69, 9.17) is 27.9 Å². The minimum Gasteiger partial charge on any atom is -0.444 e. The fraction of sp³-hybridized carbons (Fsp3) is 0.348. The molecule has 2 heterocycles. The van der Waals surface area contributed by atoms with E-state index in [0.29, 0.717) is 59.0 Å². The number of hydrogen-bond donors (Lipinski definition) is 0. The van der Waals surface area contributed by atoms with Crippen LogP contribution in [0.3, 0.4) is 0 Å². The molecule has 3 aromatic rings. The van der Waals surface area contributed by atoms with Gasteiger partial charge < -0.3 is 14.5 Å². The van der Waals surface area contributed by atoms with Crippen molar-refractivity contribution in [1.29, 1.82) is 0 Å². The molecule has 1 saturated heterocycles. The normalized spacial score (nSPS) is 14.7. The lowest BCUT2D eigenvalue weighted by atomic mass is 10.0. The van der Waals surface area contributed by atoms with E-state index in [1.807, 2.05) is 20.8 Å². The molecule has 2 aromatic carbocycles. The van der Waals surface area contributed by atoms with Gasteiger partial charge in [0.25, 0.3) is 0 Å². The van der Waals surface area contributed by atoms with Crippen molar-refractivity contribution >= 4 is 46.0 Å². The molecule has 1 amide bonds. The first-order valence-corrected chi connectivity index (χ1v) is 11.0. The molecule has 32 heavy (non-hydrogen) atoms. The third kappa shape index (κ3) is 4.45. The monoisotopic (exact) mass is 476 g/mol. The molecular weight excluding hydrogens is 454 g/mol. The van der Waals surface area contributed by atoms with E-state index in [2.05, 4.69) is 14.9 Å². The number of piperazine rings is 1. The maximum atomic E-state index is 14.4. The van der Waals surface area contributed by atoms with E-state index in [1.165, 1.54) is 12.4 Å².